The highest BCUT2D eigenvalue weighted by Gasteiger charge is 2.19. The van der Waals surface area contributed by atoms with Gasteiger partial charge in [0.1, 0.15) is 0 Å². The van der Waals surface area contributed by atoms with E-state index in [0.717, 1.165) is 11.5 Å². The lowest BCUT2D eigenvalue weighted by Gasteiger charge is -2.21. The zero-order valence-electron chi connectivity index (χ0n) is 12.6. The maximum atomic E-state index is 12.0. The van der Waals surface area contributed by atoms with E-state index in [-0.39, 0.29) is 11.7 Å². The van der Waals surface area contributed by atoms with E-state index >= 15 is 0 Å². The van der Waals surface area contributed by atoms with Crippen molar-refractivity contribution >= 4 is 27.8 Å². The Balaban J connectivity index is 1.95. The van der Waals surface area contributed by atoms with Crippen molar-refractivity contribution < 1.29 is 4.79 Å². The Morgan fingerprint density at radius 1 is 1.40 bits per heavy atom. The summed E-state index contributed by atoms with van der Waals surface area (Å²) in [5.41, 5.74) is 6.56. The molecule has 0 aliphatic carbocycles. The van der Waals surface area contributed by atoms with Crippen LogP contribution in [0.4, 0.5) is 10.7 Å². The first-order valence-electron chi connectivity index (χ1n) is 7.39. The standard InChI is InChI=1S/C15H25N3OS/c1-10(2)14(19)15-12(16)8-13(20-15)17-11(3)9-18-6-4-5-7-18/h8,10-11,17H,4-7,9,16H2,1-3H3. The van der Waals surface area contributed by atoms with E-state index < -0.39 is 0 Å². The molecule has 0 bridgehead atoms. The number of hydrogen-bond acceptors (Lipinski definition) is 5. The minimum atomic E-state index is -0.00850. The van der Waals surface area contributed by atoms with Gasteiger partial charge in [-0.3, -0.25) is 4.79 Å². The van der Waals surface area contributed by atoms with E-state index in [4.69, 9.17) is 5.73 Å². The van der Waals surface area contributed by atoms with Crippen LogP contribution in [0, 0.1) is 5.92 Å². The smallest absolute Gasteiger partial charge is 0.177 e. The van der Waals surface area contributed by atoms with E-state index in [1.807, 2.05) is 19.9 Å². The summed E-state index contributed by atoms with van der Waals surface area (Å²) in [5, 5.41) is 4.47. The monoisotopic (exact) mass is 295 g/mol. The van der Waals surface area contributed by atoms with Crippen LogP contribution in [-0.4, -0.2) is 36.4 Å². The second-order valence-corrected chi connectivity index (χ2v) is 7.02. The summed E-state index contributed by atoms with van der Waals surface area (Å²) < 4.78 is 0. The fourth-order valence-electron chi connectivity index (χ4n) is 2.57. The molecule has 1 atom stereocenters. The van der Waals surface area contributed by atoms with Gasteiger partial charge < -0.3 is 16.0 Å². The van der Waals surface area contributed by atoms with Crippen LogP contribution in [0.2, 0.25) is 0 Å². The van der Waals surface area contributed by atoms with E-state index in [9.17, 15) is 4.79 Å². The third-order valence-corrected chi connectivity index (χ3v) is 4.73. The Morgan fingerprint density at radius 2 is 2.05 bits per heavy atom. The molecule has 0 saturated carbocycles. The lowest BCUT2D eigenvalue weighted by molar-refractivity contribution is 0.0944. The van der Waals surface area contributed by atoms with Crippen molar-refractivity contribution in [3.05, 3.63) is 10.9 Å². The SMILES string of the molecule is CC(CN1CCCC1)Nc1cc(N)c(C(=O)C(C)C)s1. The molecule has 1 unspecified atom stereocenters. The van der Waals surface area contributed by atoms with Gasteiger partial charge in [0.15, 0.2) is 5.78 Å². The molecule has 1 fully saturated rings. The van der Waals surface area contributed by atoms with Crippen LogP contribution in [0.25, 0.3) is 0 Å². The van der Waals surface area contributed by atoms with Crippen molar-refractivity contribution in [3.8, 4) is 0 Å². The van der Waals surface area contributed by atoms with Crippen molar-refractivity contribution in [2.24, 2.45) is 5.92 Å². The van der Waals surface area contributed by atoms with Gasteiger partial charge in [0.05, 0.1) is 15.6 Å². The second-order valence-electron chi connectivity index (χ2n) is 5.97. The molecule has 4 nitrogen and oxygen atoms in total. The molecule has 1 aromatic rings. The molecule has 1 aliphatic heterocycles. The first-order chi connectivity index (χ1) is 9.47. The molecule has 1 aliphatic rings. The summed E-state index contributed by atoms with van der Waals surface area (Å²) in [4.78, 5) is 15.2. The van der Waals surface area contributed by atoms with Crippen molar-refractivity contribution in [2.45, 2.75) is 39.7 Å². The number of carbonyl (C=O) groups excluding carboxylic acids is 1. The van der Waals surface area contributed by atoms with E-state index in [1.54, 1.807) is 0 Å². The second kappa shape index (κ2) is 6.59. The minimum absolute atomic E-state index is 0.00850. The number of likely N-dealkylation sites (tertiary alicyclic amines) is 1. The number of anilines is 2. The van der Waals surface area contributed by atoms with Gasteiger partial charge in [-0.25, -0.2) is 0 Å². The first-order valence-corrected chi connectivity index (χ1v) is 8.21. The fourth-order valence-corrected chi connectivity index (χ4v) is 3.75. The van der Waals surface area contributed by atoms with Gasteiger partial charge in [0.25, 0.3) is 0 Å². The number of thiophene rings is 1. The van der Waals surface area contributed by atoms with Crippen molar-refractivity contribution in [1.82, 2.24) is 4.90 Å². The largest absolute Gasteiger partial charge is 0.397 e. The summed E-state index contributed by atoms with van der Waals surface area (Å²) in [6.45, 7) is 9.45. The molecule has 112 valence electrons. The van der Waals surface area contributed by atoms with Crippen LogP contribution in [0.1, 0.15) is 43.3 Å². The van der Waals surface area contributed by atoms with Crippen molar-refractivity contribution in [3.63, 3.8) is 0 Å². The predicted molar refractivity (Wildman–Crippen MR) is 86.7 cm³/mol. The topological polar surface area (TPSA) is 58.4 Å². The summed E-state index contributed by atoms with van der Waals surface area (Å²) >= 11 is 1.48. The quantitative estimate of drug-likeness (QED) is 0.792. The molecule has 1 saturated heterocycles. The molecule has 2 heterocycles. The maximum absolute atomic E-state index is 12.0. The molecule has 5 heteroatoms. The fraction of sp³-hybridized carbons (Fsp3) is 0.667. The Hall–Kier alpha value is -1.07. The average Bonchev–Trinajstić information content (AvgIpc) is 2.98. The van der Waals surface area contributed by atoms with Crippen LogP contribution in [-0.2, 0) is 0 Å². The maximum Gasteiger partial charge on any atom is 0.177 e. The molecule has 1 aromatic heterocycles. The number of rotatable bonds is 6. The van der Waals surface area contributed by atoms with Gasteiger partial charge in [-0.1, -0.05) is 13.8 Å². The molecule has 20 heavy (non-hydrogen) atoms. The van der Waals surface area contributed by atoms with E-state index in [2.05, 4.69) is 17.1 Å². The number of Topliss-reactive ketones (excluding diaryl/α,β-unsaturated/α-hetero) is 1. The predicted octanol–water partition coefficient (Wildman–Crippen LogP) is 3.07. The van der Waals surface area contributed by atoms with Gasteiger partial charge in [0.2, 0.25) is 0 Å². The number of hydrogen-bond donors (Lipinski definition) is 2. The molecule has 0 amide bonds. The molecular weight excluding hydrogens is 270 g/mol. The summed E-state index contributed by atoms with van der Waals surface area (Å²) in [7, 11) is 0. The van der Waals surface area contributed by atoms with Gasteiger partial charge in [-0.05, 0) is 38.9 Å². The number of ketones is 1. The molecule has 0 aromatic carbocycles. The zero-order chi connectivity index (χ0) is 14.7. The highest BCUT2D eigenvalue weighted by atomic mass is 32.1. The molecule has 0 radical (unpaired) electrons. The molecule has 3 N–H and O–H groups in total. The number of nitrogens with one attached hydrogen (secondary N) is 1. The summed E-state index contributed by atoms with van der Waals surface area (Å²) in [6, 6.07) is 2.26. The summed E-state index contributed by atoms with van der Waals surface area (Å²) in [6.07, 6.45) is 2.62. The number of carbonyl (C=O) groups is 1. The van der Waals surface area contributed by atoms with Gasteiger partial charge in [-0.15, -0.1) is 11.3 Å². The Labute approximate surface area is 125 Å². The summed E-state index contributed by atoms with van der Waals surface area (Å²) in [5.74, 6) is 0.124. The minimum Gasteiger partial charge on any atom is -0.397 e. The average molecular weight is 295 g/mol. The third-order valence-electron chi connectivity index (χ3n) is 3.63. The van der Waals surface area contributed by atoms with Crippen LogP contribution in [0.5, 0.6) is 0 Å². The van der Waals surface area contributed by atoms with Gasteiger partial charge >= 0.3 is 0 Å². The van der Waals surface area contributed by atoms with E-state index in [0.29, 0.717) is 16.6 Å². The Kier molecular flexibility index (Phi) is 5.05. The first kappa shape index (κ1) is 15.3. The Bertz CT molecular complexity index is 464. The lowest BCUT2D eigenvalue weighted by atomic mass is 10.1. The number of nitrogen functional groups attached to an aromatic ring is 1. The van der Waals surface area contributed by atoms with Crippen LogP contribution in [0.3, 0.4) is 0 Å². The molecular formula is C15H25N3OS. The van der Waals surface area contributed by atoms with Crippen molar-refractivity contribution in [2.75, 3.05) is 30.7 Å². The van der Waals surface area contributed by atoms with Crippen LogP contribution in [0.15, 0.2) is 6.07 Å². The normalized spacial score (nSPS) is 17.6. The Morgan fingerprint density at radius 3 is 2.65 bits per heavy atom. The highest BCUT2D eigenvalue weighted by molar-refractivity contribution is 7.18. The van der Waals surface area contributed by atoms with Gasteiger partial charge in [-0.2, -0.15) is 0 Å². The molecule has 2 rings (SSSR count). The number of nitrogens with two attached hydrogens (primary N) is 1. The lowest BCUT2D eigenvalue weighted by Crippen LogP contribution is -2.32. The molecule has 0 spiro atoms. The van der Waals surface area contributed by atoms with Crippen LogP contribution >= 0.6 is 11.3 Å². The van der Waals surface area contributed by atoms with E-state index in [1.165, 1.54) is 37.3 Å². The highest BCUT2D eigenvalue weighted by Crippen LogP contribution is 2.31. The van der Waals surface area contributed by atoms with Crippen LogP contribution < -0.4 is 11.1 Å². The van der Waals surface area contributed by atoms with Gasteiger partial charge in [0, 0.05) is 18.5 Å². The van der Waals surface area contributed by atoms with Crippen molar-refractivity contribution in [1.29, 1.82) is 0 Å². The third kappa shape index (κ3) is 3.73. The zero-order valence-corrected chi connectivity index (χ0v) is 13.4. The number of nitrogens with zero attached hydrogens (tertiary/aromatic N) is 1.